The van der Waals surface area contributed by atoms with E-state index >= 15 is 0 Å². The van der Waals surface area contributed by atoms with Gasteiger partial charge in [-0.25, -0.2) is 8.78 Å². The molecule has 0 amide bonds. The summed E-state index contributed by atoms with van der Waals surface area (Å²) in [4.78, 5) is 12.7. The van der Waals surface area contributed by atoms with Crippen molar-refractivity contribution in [3.8, 4) is 0 Å². The van der Waals surface area contributed by atoms with Crippen molar-refractivity contribution in [3.05, 3.63) is 29.3 Å². The standard InChI is InChI=1S/C16H20F2N2O4/c17-11-5-9(20-4-3-8(7-20)16(23)24)6-12(18)14(11)10-1-2-13(21)19-15(10)22/h5-6,8,10,13,15,19,21-22H,1-4,7H2,(H,23,24)/t8-,10-,13-,15-/m1/s1. The molecule has 2 heterocycles. The molecule has 2 fully saturated rings. The number of aliphatic carboxylic acids is 1. The Kier molecular flexibility index (Phi) is 4.71. The van der Waals surface area contributed by atoms with Crippen LogP contribution in [0.1, 0.15) is 30.7 Å². The Morgan fingerprint density at radius 3 is 2.38 bits per heavy atom. The lowest BCUT2D eigenvalue weighted by molar-refractivity contribution is -0.140. The summed E-state index contributed by atoms with van der Waals surface area (Å²) < 4.78 is 29.0. The molecule has 2 aliphatic heterocycles. The molecule has 8 heteroatoms. The minimum atomic E-state index is -1.23. The Morgan fingerprint density at radius 2 is 1.83 bits per heavy atom. The Hall–Kier alpha value is -1.77. The van der Waals surface area contributed by atoms with Crippen LogP contribution in [0.25, 0.3) is 0 Å². The third-order valence-electron chi connectivity index (χ3n) is 4.83. The van der Waals surface area contributed by atoms with E-state index in [2.05, 4.69) is 5.32 Å². The zero-order valence-corrected chi connectivity index (χ0v) is 13.0. The number of halogens is 2. The molecule has 0 aliphatic carbocycles. The van der Waals surface area contributed by atoms with E-state index < -0.39 is 41.9 Å². The molecule has 0 unspecified atom stereocenters. The molecular weight excluding hydrogens is 322 g/mol. The highest BCUT2D eigenvalue weighted by Gasteiger charge is 2.34. The number of aliphatic hydroxyl groups excluding tert-OH is 2. The van der Waals surface area contributed by atoms with E-state index in [0.29, 0.717) is 18.7 Å². The van der Waals surface area contributed by atoms with Crippen LogP contribution in [-0.2, 0) is 4.79 Å². The summed E-state index contributed by atoms with van der Waals surface area (Å²) in [6, 6.07) is 2.36. The van der Waals surface area contributed by atoms with Gasteiger partial charge in [-0.1, -0.05) is 0 Å². The van der Waals surface area contributed by atoms with Gasteiger partial charge in [0.05, 0.1) is 5.92 Å². The van der Waals surface area contributed by atoms with Gasteiger partial charge in [0.1, 0.15) is 24.1 Å². The van der Waals surface area contributed by atoms with Crippen LogP contribution in [0, 0.1) is 17.6 Å². The van der Waals surface area contributed by atoms with E-state index in [1.54, 1.807) is 4.90 Å². The number of carboxylic acids is 1. The highest BCUT2D eigenvalue weighted by Crippen LogP contribution is 2.35. The molecule has 0 radical (unpaired) electrons. The molecule has 24 heavy (non-hydrogen) atoms. The highest BCUT2D eigenvalue weighted by atomic mass is 19.1. The summed E-state index contributed by atoms with van der Waals surface area (Å²) in [7, 11) is 0. The van der Waals surface area contributed by atoms with Crippen molar-refractivity contribution in [1.29, 1.82) is 0 Å². The molecule has 6 nitrogen and oxygen atoms in total. The molecule has 0 bridgehead atoms. The molecule has 2 aliphatic rings. The molecular formula is C16H20F2N2O4. The highest BCUT2D eigenvalue weighted by molar-refractivity contribution is 5.72. The smallest absolute Gasteiger partial charge is 0.308 e. The minimum absolute atomic E-state index is 0.209. The first-order chi connectivity index (χ1) is 11.4. The van der Waals surface area contributed by atoms with Gasteiger partial charge in [-0.15, -0.1) is 0 Å². The maximum Gasteiger partial charge on any atom is 0.308 e. The van der Waals surface area contributed by atoms with Crippen molar-refractivity contribution in [2.24, 2.45) is 5.92 Å². The summed E-state index contributed by atoms with van der Waals surface area (Å²) in [5.41, 5.74) is 0.0930. The molecule has 0 spiro atoms. The lowest BCUT2D eigenvalue weighted by Crippen LogP contribution is -2.46. The molecule has 4 atom stereocenters. The first kappa shape index (κ1) is 17.1. The number of rotatable bonds is 3. The first-order valence-electron chi connectivity index (χ1n) is 7.95. The number of carboxylic acid groups (broad SMARTS) is 1. The van der Waals surface area contributed by atoms with Crippen molar-refractivity contribution >= 4 is 11.7 Å². The Labute approximate surface area is 137 Å². The zero-order chi connectivity index (χ0) is 17.4. The van der Waals surface area contributed by atoms with E-state index in [1.165, 1.54) is 12.1 Å². The maximum atomic E-state index is 14.5. The van der Waals surface area contributed by atoms with Gasteiger partial charge >= 0.3 is 5.97 Å². The van der Waals surface area contributed by atoms with E-state index in [-0.39, 0.29) is 24.9 Å². The number of piperidine rings is 1. The second-order valence-electron chi connectivity index (χ2n) is 6.40. The average molecular weight is 342 g/mol. The topological polar surface area (TPSA) is 93.0 Å². The fourth-order valence-corrected chi connectivity index (χ4v) is 3.50. The van der Waals surface area contributed by atoms with Gasteiger partial charge in [0.25, 0.3) is 0 Å². The third kappa shape index (κ3) is 3.22. The fourth-order valence-electron chi connectivity index (χ4n) is 3.50. The number of hydrogen-bond acceptors (Lipinski definition) is 5. The SMILES string of the molecule is O=C(O)[C@@H]1CCN(c2cc(F)c([C@H]3CC[C@@H](O)N[C@@H]3O)c(F)c2)C1. The van der Waals surface area contributed by atoms with Crippen molar-refractivity contribution in [1.82, 2.24) is 5.32 Å². The molecule has 132 valence electrons. The fraction of sp³-hybridized carbons (Fsp3) is 0.562. The second-order valence-corrected chi connectivity index (χ2v) is 6.40. The maximum absolute atomic E-state index is 14.5. The van der Waals surface area contributed by atoms with E-state index in [9.17, 15) is 23.8 Å². The quantitative estimate of drug-likeness (QED) is 0.654. The number of nitrogens with one attached hydrogen (secondary N) is 1. The summed E-state index contributed by atoms with van der Waals surface area (Å²) in [6.07, 6.45) is -1.14. The number of nitrogens with zero attached hydrogens (tertiary/aromatic N) is 1. The Balaban J connectivity index is 1.83. The molecule has 3 rings (SSSR count). The lowest BCUT2D eigenvalue weighted by atomic mass is 9.88. The monoisotopic (exact) mass is 342 g/mol. The van der Waals surface area contributed by atoms with E-state index in [4.69, 9.17) is 5.11 Å². The van der Waals surface area contributed by atoms with Crippen LogP contribution in [0.5, 0.6) is 0 Å². The van der Waals surface area contributed by atoms with Crippen molar-refractivity contribution in [3.63, 3.8) is 0 Å². The van der Waals surface area contributed by atoms with E-state index in [0.717, 1.165) is 0 Å². The lowest BCUT2D eigenvalue weighted by Gasteiger charge is -2.33. The number of carbonyl (C=O) groups is 1. The van der Waals surface area contributed by atoms with Gasteiger partial charge < -0.3 is 20.2 Å². The van der Waals surface area contributed by atoms with Gasteiger partial charge in [-0.3, -0.25) is 10.1 Å². The Morgan fingerprint density at radius 1 is 1.17 bits per heavy atom. The van der Waals surface area contributed by atoms with Crippen molar-refractivity contribution < 1.29 is 28.9 Å². The van der Waals surface area contributed by atoms with Crippen LogP contribution in [0.15, 0.2) is 12.1 Å². The van der Waals surface area contributed by atoms with Crippen LogP contribution in [0.2, 0.25) is 0 Å². The van der Waals surface area contributed by atoms with Crippen LogP contribution in [-0.4, -0.2) is 46.8 Å². The van der Waals surface area contributed by atoms with Gasteiger partial charge in [-0.05, 0) is 31.4 Å². The number of aliphatic hydroxyl groups is 2. The predicted molar refractivity (Wildman–Crippen MR) is 81.4 cm³/mol. The summed E-state index contributed by atoms with van der Waals surface area (Å²) in [5.74, 6) is -3.78. The predicted octanol–water partition coefficient (Wildman–Crippen LogP) is 0.979. The summed E-state index contributed by atoms with van der Waals surface area (Å²) in [6.45, 7) is 0.641. The van der Waals surface area contributed by atoms with E-state index in [1.807, 2.05) is 0 Å². The first-order valence-corrected chi connectivity index (χ1v) is 7.95. The zero-order valence-electron chi connectivity index (χ0n) is 13.0. The molecule has 2 saturated heterocycles. The summed E-state index contributed by atoms with van der Waals surface area (Å²) in [5, 5.41) is 30.9. The largest absolute Gasteiger partial charge is 0.481 e. The Bertz CT molecular complexity index is 619. The molecule has 1 aromatic carbocycles. The van der Waals surface area contributed by atoms with Gasteiger partial charge in [-0.2, -0.15) is 0 Å². The van der Waals surface area contributed by atoms with Crippen LogP contribution in [0.3, 0.4) is 0 Å². The third-order valence-corrected chi connectivity index (χ3v) is 4.83. The van der Waals surface area contributed by atoms with Gasteiger partial charge in [0.15, 0.2) is 0 Å². The molecule has 0 saturated carbocycles. The molecule has 0 aromatic heterocycles. The molecule has 4 N–H and O–H groups in total. The van der Waals surface area contributed by atoms with Crippen LogP contribution < -0.4 is 10.2 Å². The van der Waals surface area contributed by atoms with Crippen molar-refractivity contribution in [2.45, 2.75) is 37.6 Å². The van der Waals surface area contributed by atoms with Gasteiger partial charge in [0, 0.05) is 30.3 Å². The molecule has 1 aromatic rings. The van der Waals surface area contributed by atoms with Crippen LogP contribution >= 0.6 is 0 Å². The number of hydrogen-bond donors (Lipinski definition) is 4. The average Bonchev–Trinajstić information content (AvgIpc) is 2.98. The van der Waals surface area contributed by atoms with Crippen molar-refractivity contribution in [2.75, 3.05) is 18.0 Å². The number of benzene rings is 1. The van der Waals surface area contributed by atoms with Crippen LogP contribution in [0.4, 0.5) is 14.5 Å². The second kappa shape index (κ2) is 6.62. The van der Waals surface area contributed by atoms with Gasteiger partial charge in [0.2, 0.25) is 0 Å². The summed E-state index contributed by atoms with van der Waals surface area (Å²) >= 11 is 0. The number of anilines is 1. The normalized spacial score (nSPS) is 30.6. The minimum Gasteiger partial charge on any atom is -0.481 e.